The summed E-state index contributed by atoms with van der Waals surface area (Å²) in [5.74, 6) is -0.608. The molecule has 228 valence electrons. The lowest BCUT2D eigenvalue weighted by Crippen LogP contribution is -2.39. The highest BCUT2D eigenvalue weighted by atomic mass is 35.5. The number of carboxylic acids is 1. The average molecular weight is 627 g/mol. The van der Waals surface area contributed by atoms with Gasteiger partial charge in [0.05, 0.1) is 35.4 Å². The van der Waals surface area contributed by atoms with Crippen molar-refractivity contribution >= 4 is 50.2 Å². The number of rotatable bonds is 10. The van der Waals surface area contributed by atoms with E-state index in [1.54, 1.807) is 30.8 Å². The molecule has 0 fully saturated rings. The van der Waals surface area contributed by atoms with Gasteiger partial charge in [-0.2, -0.15) is 0 Å². The van der Waals surface area contributed by atoms with Crippen molar-refractivity contribution in [2.45, 2.75) is 44.2 Å². The number of aromatic nitrogens is 4. The summed E-state index contributed by atoms with van der Waals surface area (Å²) in [7, 11) is -0.782. The van der Waals surface area contributed by atoms with Crippen molar-refractivity contribution in [2.24, 2.45) is 19.2 Å². The molecule has 0 atom stereocenters. The summed E-state index contributed by atoms with van der Waals surface area (Å²) in [6.07, 6.45) is 4.77. The van der Waals surface area contributed by atoms with Gasteiger partial charge in [-0.25, -0.2) is 28.1 Å². The molecule has 0 unspecified atom stereocenters. The van der Waals surface area contributed by atoms with Crippen molar-refractivity contribution in [3.05, 3.63) is 74.0 Å². The molecule has 3 aromatic heterocycles. The van der Waals surface area contributed by atoms with Crippen LogP contribution in [0.3, 0.4) is 0 Å². The fourth-order valence-electron chi connectivity index (χ4n) is 3.93. The smallest absolute Gasteiger partial charge is 0.337 e. The lowest BCUT2D eigenvalue weighted by atomic mass is 10.1. The number of Topliss-reactive ketones (excluding diaryl/α,β-unsaturated/α-hetero) is 1. The molecular weight excluding hydrogens is 596 g/mol. The second-order valence-corrected chi connectivity index (χ2v) is 11.0. The van der Waals surface area contributed by atoms with Gasteiger partial charge >= 0.3 is 11.7 Å². The fourth-order valence-corrected chi connectivity index (χ4v) is 5.03. The first-order valence-corrected chi connectivity index (χ1v) is 14.1. The van der Waals surface area contributed by atoms with Gasteiger partial charge in [-0.15, -0.1) is 0 Å². The minimum Gasteiger partial charge on any atom is -0.478 e. The maximum atomic E-state index is 12.3. The summed E-state index contributed by atoms with van der Waals surface area (Å²) in [6.45, 7) is 2.07. The zero-order valence-electron chi connectivity index (χ0n) is 23.0. The van der Waals surface area contributed by atoms with Crippen LogP contribution in [0.2, 0.25) is 5.02 Å². The Kier molecular flexibility index (Phi) is 11.4. The Labute approximate surface area is 244 Å². The van der Waals surface area contributed by atoms with Gasteiger partial charge in [-0.3, -0.25) is 13.9 Å². The highest BCUT2D eigenvalue weighted by molar-refractivity contribution is 7.89. The number of hydrogen-bond acceptors (Lipinski definition) is 9. The third-order valence-electron chi connectivity index (χ3n) is 6.00. The number of carbonyl (C=O) groups excluding carboxylic acids is 1. The van der Waals surface area contributed by atoms with Crippen LogP contribution in [0.25, 0.3) is 11.2 Å². The molecule has 0 amide bonds. The standard InChI is InChI=1S/C13H18N4O3.C12H11ClN2O5S.H2O/c1-9(18)6-4-5-7-17-12(19)10-11(14-8-15(10)2)16(3)13(17)20;13-9-5-10(15-6-7-2-1-3-20-7)8(12(16)17)4-11(9)21(14,18)19;/h8H,4-7H2,1-3H3;1-5,15H,6H2,(H,16,17)(H2,14,18,19);1H2. The summed E-state index contributed by atoms with van der Waals surface area (Å²) in [6, 6.07) is 5.51. The highest BCUT2D eigenvalue weighted by Gasteiger charge is 2.20. The summed E-state index contributed by atoms with van der Waals surface area (Å²) in [5.41, 5.74) is 0.0161. The minimum absolute atomic E-state index is 0. The van der Waals surface area contributed by atoms with Crippen LogP contribution in [0.5, 0.6) is 0 Å². The predicted molar refractivity (Wildman–Crippen MR) is 154 cm³/mol. The second-order valence-electron chi connectivity index (χ2n) is 9.10. The number of primary sulfonamides is 1. The van der Waals surface area contributed by atoms with Crippen molar-refractivity contribution in [1.29, 1.82) is 0 Å². The molecule has 17 heteroatoms. The monoisotopic (exact) mass is 626 g/mol. The zero-order chi connectivity index (χ0) is 30.5. The van der Waals surface area contributed by atoms with E-state index in [2.05, 4.69) is 10.3 Å². The molecule has 0 radical (unpaired) electrons. The third kappa shape index (κ3) is 7.94. The number of furan rings is 1. The fraction of sp³-hybridized carbons (Fsp3) is 0.320. The Bertz CT molecular complexity index is 1810. The van der Waals surface area contributed by atoms with Crippen LogP contribution < -0.4 is 21.7 Å². The first-order chi connectivity index (χ1) is 19.2. The Hall–Kier alpha value is -4.25. The Balaban J connectivity index is 0.000000287. The quantitative estimate of drug-likeness (QED) is 0.213. The first-order valence-electron chi connectivity index (χ1n) is 12.2. The number of nitrogens with two attached hydrogens (primary N) is 1. The Morgan fingerprint density at radius 3 is 2.45 bits per heavy atom. The number of sulfonamides is 1. The molecule has 0 aliphatic heterocycles. The van der Waals surface area contributed by atoms with E-state index in [9.17, 15) is 27.6 Å². The molecule has 0 saturated heterocycles. The zero-order valence-corrected chi connectivity index (χ0v) is 24.5. The topological polar surface area (TPSA) is 233 Å². The molecule has 0 spiro atoms. The van der Waals surface area contributed by atoms with Crippen molar-refractivity contribution < 1.29 is 33.0 Å². The molecule has 4 aromatic rings. The van der Waals surface area contributed by atoms with E-state index in [4.69, 9.17) is 26.3 Å². The molecule has 3 heterocycles. The van der Waals surface area contributed by atoms with E-state index < -0.39 is 20.9 Å². The van der Waals surface area contributed by atoms with Gasteiger partial charge in [0.15, 0.2) is 11.2 Å². The first kappa shape index (κ1) is 34.0. The molecule has 6 N–H and O–H groups in total. The highest BCUT2D eigenvalue weighted by Crippen LogP contribution is 2.28. The van der Waals surface area contributed by atoms with Crippen molar-refractivity contribution in [3.8, 4) is 0 Å². The van der Waals surface area contributed by atoms with E-state index in [0.29, 0.717) is 42.7 Å². The molecular formula is C25H31ClN6O9S. The van der Waals surface area contributed by atoms with E-state index in [1.165, 1.54) is 34.7 Å². The van der Waals surface area contributed by atoms with Crippen molar-refractivity contribution in [1.82, 2.24) is 18.7 Å². The Morgan fingerprint density at radius 1 is 1.19 bits per heavy atom. The van der Waals surface area contributed by atoms with Crippen LogP contribution in [-0.2, 0) is 42.0 Å². The Morgan fingerprint density at radius 2 is 1.88 bits per heavy atom. The lowest BCUT2D eigenvalue weighted by Gasteiger charge is -2.11. The normalized spacial score (nSPS) is 11.0. The van der Waals surface area contributed by atoms with E-state index in [1.807, 2.05) is 0 Å². The molecule has 42 heavy (non-hydrogen) atoms. The molecule has 15 nitrogen and oxygen atoms in total. The van der Waals surface area contributed by atoms with Gasteiger partial charge in [-0.1, -0.05) is 11.6 Å². The van der Waals surface area contributed by atoms with Gasteiger partial charge in [0.1, 0.15) is 16.4 Å². The molecule has 1 aromatic carbocycles. The van der Waals surface area contributed by atoms with Gasteiger partial charge in [0.25, 0.3) is 5.56 Å². The minimum atomic E-state index is -4.11. The van der Waals surface area contributed by atoms with Crippen LogP contribution in [0.4, 0.5) is 5.69 Å². The number of anilines is 1. The number of carbonyl (C=O) groups is 2. The van der Waals surface area contributed by atoms with E-state index in [0.717, 1.165) is 6.07 Å². The number of fused-ring (bicyclic) bond motifs is 1. The number of aryl methyl sites for hydroxylation is 2. The average Bonchev–Trinajstić information content (AvgIpc) is 3.55. The SMILES string of the molecule is CC(=O)CCCCn1c(=O)c2c(ncn2C)n(C)c1=O.NS(=O)(=O)c1cc(C(=O)O)c(NCc2ccco2)cc1Cl.O. The van der Waals surface area contributed by atoms with Crippen LogP contribution in [-0.4, -0.2) is 49.4 Å². The van der Waals surface area contributed by atoms with E-state index >= 15 is 0 Å². The van der Waals surface area contributed by atoms with Gasteiger partial charge in [-0.05, 0) is 44.0 Å². The number of nitrogens with one attached hydrogen (secondary N) is 1. The molecule has 4 rings (SSSR count). The number of imidazole rings is 1. The number of hydrogen-bond donors (Lipinski definition) is 3. The maximum absolute atomic E-state index is 12.3. The van der Waals surface area contributed by atoms with Crippen LogP contribution in [0.1, 0.15) is 42.3 Å². The number of ketones is 1. The van der Waals surface area contributed by atoms with E-state index in [-0.39, 0.29) is 45.3 Å². The molecule has 0 bridgehead atoms. The molecule has 0 aliphatic carbocycles. The molecule has 0 saturated carbocycles. The third-order valence-corrected chi connectivity index (χ3v) is 7.38. The van der Waals surface area contributed by atoms with Crippen molar-refractivity contribution in [3.63, 3.8) is 0 Å². The lowest BCUT2D eigenvalue weighted by molar-refractivity contribution is -0.117. The number of halogens is 1. The number of unbranched alkanes of at least 4 members (excludes halogenated alkanes) is 1. The van der Waals surface area contributed by atoms with Gasteiger partial charge in [0, 0.05) is 27.1 Å². The summed E-state index contributed by atoms with van der Waals surface area (Å²) < 4.78 is 32.0. The predicted octanol–water partition coefficient (Wildman–Crippen LogP) is 1.26. The summed E-state index contributed by atoms with van der Waals surface area (Å²) in [4.78, 5) is 50.2. The van der Waals surface area contributed by atoms with Crippen LogP contribution in [0.15, 0.2) is 55.8 Å². The molecule has 0 aliphatic rings. The number of nitrogens with zero attached hydrogens (tertiary/aromatic N) is 4. The summed E-state index contributed by atoms with van der Waals surface area (Å²) in [5, 5.41) is 16.8. The maximum Gasteiger partial charge on any atom is 0.337 e. The number of carboxylic acid groups (broad SMARTS) is 1. The largest absolute Gasteiger partial charge is 0.478 e. The van der Waals surface area contributed by atoms with Crippen molar-refractivity contribution in [2.75, 3.05) is 5.32 Å². The summed E-state index contributed by atoms with van der Waals surface area (Å²) >= 11 is 5.84. The number of aromatic carboxylic acids is 1. The van der Waals surface area contributed by atoms with Crippen LogP contribution >= 0.6 is 11.6 Å². The second kappa shape index (κ2) is 14.1. The van der Waals surface area contributed by atoms with Gasteiger partial charge in [0.2, 0.25) is 10.0 Å². The van der Waals surface area contributed by atoms with Crippen LogP contribution in [0, 0.1) is 0 Å². The van der Waals surface area contributed by atoms with Gasteiger partial charge < -0.3 is 29.7 Å². The number of benzene rings is 1.